The number of methoxy groups -OCH3 is 4. The molecule has 3 aromatic rings. The first kappa shape index (κ1) is 22.5. The highest BCUT2D eigenvalue weighted by molar-refractivity contribution is 5.47. The fourth-order valence-electron chi connectivity index (χ4n) is 3.78. The third-order valence-electron chi connectivity index (χ3n) is 5.57. The van der Waals surface area contributed by atoms with Crippen molar-refractivity contribution < 1.29 is 18.9 Å². The minimum Gasteiger partial charge on any atom is -0.493 e. The fraction of sp³-hybridized carbons (Fsp3) is 0.308. The molecule has 0 bridgehead atoms. The van der Waals surface area contributed by atoms with Crippen LogP contribution in [0.5, 0.6) is 23.0 Å². The Morgan fingerprint density at radius 2 is 1.16 bits per heavy atom. The molecule has 5 heteroatoms. The molecule has 31 heavy (non-hydrogen) atoms. The number of ether oxygens (including phenoxy) is 4. The van der Waals surface area contributed by atoms with Crippen LogP contribution in [0.15, 0.2) is 66.7 Å². The number of hydrogen-bond acceptors (Lipinski definition) is 5. The van der Waals surface area contributed by atoms with Crippen LogP contribution in [0.4, 0.5) is 0 Å². The molecule has 0 aromatic heterocycles. The highest BCUT2D eigenvalue weighted by Gasteiger charge is 2.23. The second kappa shape index (κ2) is 10.7. The first-order chi connectivity index (χ1) is 15.1. The lowest BCUT2D eigenvalue weighted by atomic mass is 9.88. The minimum absolute atomic E-state index is 0.0399. The van der Waals surface area contributed by atoms with E-state index < -0.39 is 0 Å². The maximum absolute atomic E-state index is 5.55. The molecule has 0 unspecified atom stereocenters. The third-order valence-corrected chi connectivity index (χ3v) is 5.57. The summed E-state index contributed by atoms with van der Waals surface area (Å²) in [4.78, 5) is 0. The van der Waals surface area contributed by atoms with Crippen molar-refractivity contribution in [3.05, 3.63) is 83.4 Å². The average molecular weight is 422 g/mol. The molecular formula is C26H31NO4. The number of rotatable bonds is 10. The van der Waals surface area contributed by atoms with Gasteiger partial charge in [0.2, 0.25) is 0 Å². The number of hydrogen-bond donors (Lipinski definition) is 1. The fourth-order valence-corrected chi connectivity index (χ4v) is 3.78. The van der Waals surface area contributed by atoms with Crippen LogP contribution in [0, 0.1) is 0 Å². The highest BCUT2D eigenvalue weighted by atomic mass is 16.5. The van der Waals surface area contributed by atoms with E-state index in [2.05, 4.69) is 48.6 Å². The van der Waals surface area contributed by atoms with Crippen LogP contribution >= 0.6 is 0 Å². The predicted octanol–water partition coefficient (Wildman–Crippen LogP) is 5.36. The second-order valence-electron chi connectivity index (χ2n) is 7.36. The van der Waals surface area contributed by atoms with E-state index in [1.54, 1.807) is 28.4 Å². The zero-order chi connectivity index (χ0) is 22.2. The molecule has 0 spiro atoms. The van der Waals surface area contributed by atoms with Gasteiger partial charge >= 0.3 is 0 Å². The van der Waals surface area contributed by atoms with Crippen LogP contribution < -0.4 is 24.3 Å². The van der Waals surface area contributed by atoms with Crippen LogP contribution in [0.2, 0.25) is 0 Å². The van der Waals surface area contributed by atoms with Gasteiger partial charge in [0.25, 0.3) is 0 Å². The van der Waals surface area contributed by atoms with Gasteiger partial charge < -0.3 is 24.3 Å². The van der Waals surface area contributed by atoms with E-state index in [1.165, 1.54) is 5.56 Å². The molecule has 5 nitrogen and oxygen atoms in total. The Morgan fingerprint density at radius 3 is 1.71 bits per heavy atom. The largest absolute Gasteiger partial charge is 0.493 e. The van der Waals surface area contributed by atoms with E-state index in [-0.39, 0.29) is 12.0 Å². The van der Waals surface area contributed by atoms with Gasteiger partial charge in [-0.1, -0.05) is 49.4 Å². The topological polar surface area (TPSA) is 49.0 Å². The van der Waals surface area contributed by atoms with Crippen LogP contribution in [-0.2, 0) is 6.54 Å². The maximum atomic E-state index is 5.55. The van der Waals surface area contributed by atoms with Crippen molar-refractivity contribution in [2.24, 2.45) is 0 Å². The lowest BCUT2D eigenvalue weighted by Crippen LogP contribution is -2.26. The van der Waals surface area contributed by atoms with Gasteiger partial charge in [-0.25, -0.2) is 0 Å². The predicted molar refractivity (Wildman–Crippen MR) is 124 cm³/mol. The van der Waals surface area contributed by atoms with Crippen molar-refractivity contribution in [2.75, 3.05) is 28.4 Å². The molecule has 1 N–H and O–H groups in total. The Kier molecular flexibility index (Phi) is 7.79. The summed E-state index contributed by atoms with van der Waals surface area (Å²) in [5.41, 5.74) is 3.50. The molecule has 2 atom stereocenters. The SMILES string of the molecule is COc1ccc([C@@H](NCc2ccccc2)[C@@H](C)c2ccc(OC)c(OC)c2)cc1OC. The van der Waals surface area contributed by atoms with E-state index in [4.69, 9.17) is 18.9 Å². The van der Waals surface area contributed by atoms with E-state index in [0.717, 1.165) is 29.2 Å². The molecule has 0 aliphatic heterocycles. The van der Waals surface area contributed by atoms with Crippen molar-refractivity contribution in [3.63, 3.8) is 0 Å². The van der Waals surface area contributed by atoms with Crippen LogP contribution in [0.1, 0.15) is 35.6 Å². The first-order valence-corrected chi connectivity index (χ1v) is 10.3. The summed E-state index contributed by atoms with van der Waals surface area (Å²) in [6.07, 6.45) is 0. The Bertz CT molecular complexity index is 974. The van der Waals surface area contributed by atoms with E-state index in [1.807, 2.05) is 30.3 Å². The van der Waals surface area contributed by atoms with Crippen LogP contribution in [0.3, 0.4) is 0 Å². The third kappa shape index (κ3) is 5.30. The van der Waals surface area contributed by atoms with E-state index in [0.29, 0.717) is 11.5 Å². The van der Waals surface area contributed by atoms with Crippen molar-refractivity contribution in [2.45, 2.75) is 25.4 Å². The van der Waals surface area contributed by atoms with E-state index >= 15 is 0 Å². The molecule has 0 radical (unpaired) electrons. The summed E-state index contributed by atoms with van der Waals surface area (Å²) in [6, 6.07) is 22.6. The van der Waals surface area contributed by atoms with Gasteiger partial charge in [0.05, 0.1) is 28.4 Å². The summed E-state index contributed by atoms with van der Waals surface area (Å²) < 4.78 is 21.9. The summed E-state index contributed by atoms with van der Waals surface area (Å²) in [7, 11) is 6.61. The summed E-state index contributed by atoms with van der Waals surface area (Å²) >= 11 is 0. The van der Waals surface area contributed by atoms with Crippen LogP contribution in [-0.4, -0.2) is 28.4 Å². The molecule has 0 fully saturated rings. The Morgan fingerprint density at radius 1 is 0.645 bits per heavy atom. The second-order valence-corrected chi connectivity index (χ2v) is 7.36. The van der Waals surface area contributed by atoms with Gasteiger partial charge in [-0.05, 0) is 41.0 Å². The number of nitrogens with one attached hydrogen (secondary N) is 1. The quantitative estimate of drug-likeness (QED) is 0.478. The lowest BCUT2D eigenvalue weighted by Gasteiger charge is -2.27. The van der Waals surface area contributed by atoms with Gasteiger partial charge in [-0.2, -0.15) is 0 Å². The van der Waals surface area contributed by atoms with Crippen LogP contribution in [0.25, 0.3) is 0 Å². The summed E-state index contributed by atoms with van der Waals surface area (Å²) in [5.74, 6) is 3.03. The molecule has 0 heterocycles. The lowest BCUT2D eigenvalue weighted by molar-refractivity contribution is 0.352. The Hall–Kier alpha value is -3.18. The van der Waals surface area contributed by atoms with Gasteiger partial charge in [-0.15, -0.1) is 0 Å². The smallest absolute Gasteiger partial charge is 0.161 e. The average Bonchev–Trinajstić information content (AvgIpc) is 2.83. The highest BCUT2D eigenvalue weighted by Crippen LogP contribution is 2.38. The van der Waals surface area contributed by atoms with Gasteiger partial charge in [-0.3, -0.25) is 0 Å². The van der Waals surface area contributed by atoms with Crippen molar-refractivity contribution in [3.8, 4) is 23.0 Å². The molecule has 0 aliphatic rings. The Balaban J connectivity index is 1.96. The monoisotopic (exact) mass is 421 g/mol. The molecule has 0 aliphatic carbocycles. The molecule has 3 aromatic carbocycles. The standard InChI is InChI=1S/C26H31NO4/c1-18(20-11-13-22(28-2)24(15-20)30-4)26(27-17-19-9-7-6-8-10-19)21-12-14-23(29-3)25(16-21)31-5/h6-16,18,26-27H,17H2,1-5H3/t18-,26-/m0/s1. The normalized spacial score (nSPS) is 12.7. The van der Waals surface area contributed by atoms with Crippen molar-refractivity contribution >= 4 is 0 Å². The maximum Gasteiger partial charge on any atom is 0.161 e. The Labute approximate surface area is 184 Å². The van der Waals surface area contributed by atoms with Crippen molar-refractivity contribution in [1.29, 1.82) is 0 Å². The number of benzene rings is 3. The molecule has 0 saturated carbocycles. The minimum atomic E-state index is 0.0399. The molecule has 164 valence electrons. The summed E-state index contributed by atoms with van der Waals surface area (Å²) in [6.45, 7) is 2.96. The molecule has 0 amide bonds. The van der Waals surface area contributed by atoms with Crippen molar-refractivity contribution in [1.82, 2.24) is 5.32 Å². The summed E-state index contributed by atoms with van der Waals surface area (Å²) in [5, 5.41) is 3.74. The van der Waals surface area contributed by atoms with Gasteiger partial charge in [0.1, 0.15) is 0 Å². The van der Waals surface area contributed by atoms with E-state index in [9.17, 15) is 0 Å². The van der Waals surface area contributed by atoms with Gasteiger partial charge in [0.15, 0.2) is 23.0 Å². The molecule has 3 rings (SSSR count). The zero-order valence-electron chi connectivity index (χ0n) is 18.8. The zero-order valence-corrected chi connectivity index (χ0v) is 18.8. The van der Waals surface area contributed by atoms with Gasteiger partial charge in [0, 0.05) is 18.5 Å². The molecular weight excluding hydrogens is 390 g/mol. The first-order valence-electron chi connectivity index (χ1n) is 10.3. The molecule has 0 saturated heterocycles.